The average Bonchev–Trinajstić information content (AvgIpc) is 2.78. The van der Waals surface area contributed by atoms with Gasteiger partial charge in [0.25, 0.3) is 0 Å². The number of carbonyl (C=O) groups is 1. The van der Waals surface area contributed by atoms with Crippen molar-refractivity contribution in [2.75, 3.05) is 11.2 Å². The first-order valence-corrected chi connectivity index (χ1v) is 5.69. The number of nitrogens with zero attached hydrogens (tertiary/aromatic N) is 1. The maximum atomic E-state index is 11.0. The second-order valence-corrected chi connectivity index (χ2v) is 3.97. The van der Waals surface area contributed by atoms with Crippen molar-refractivity contribution in [1.29, 1.82) is 0 Å². The van der Waals surface area contributed by atoms with E-state index in [0.717, 1.165) is 5.56 Å². The van der Waals surface area contributed by atoms with E-state index in [4.69, 9.17) is 27.7 Å². The highest BCUT2D eigenvalue weighted by atomic mass is 35.5. The molecule has 17 heavy (non-hydrogen) atoms. The van der Waals surface area contributed by atoms with Crippen molar-refractivity contribution in [3.63, 3.8) is 0 Å². The first kappa shape index (κ1) is 12.0. The zero-order valence-electron chi connectivity index (χ0n) is 8.61. The van der Waals surface area contributed by atoms with Crippen molar-refractivity contribution in [1.82, 2.24) is 5.16 Å². The number of hydrogen-bond donors (Lipinski definition) is 1. The Kier molecular flexibility index (Phi) is 3.66. The van der Waals surface area contributed by atoms with Crippen LogP contribution in [0.5, 0.6) is 0 Å². The minimum Gasteiger partial charge on any atom is -0.338 e. The number of rotatable bonds is 3. The number of hydrogen-bond acceptors (Lipinski definition) is 3. The maximum absolute atomic E-state index is 11.0. The minimum absolute atomic E-state index is 0.128. The smallest absolute Gasteiger partial charge is 0.241 e. The Morgan fingerprint density at radius 1 is 1.35 bits per heavy atom. The lowest BCUT2D eigenvalue weighted by Crippen LogP contribution is -2.11. The van der Waals surface area contributed by atoms with E-state index in [9.17, 15) is 4.79 Å². The van der Waals surface area contributed by atoms with Gasteiger partial charge < -0.3 is 4.52 Å². The van der Waals surface area contributed by atoms with Gasteiger partial charge in [-0.15, -0.1) is 11.6 Å². The second-order valence-electron chi connectivity index (χ2n) is 3.27. The summed E-state index contributed by atoms with van der Waals surface area (Å²) in [6.07, 6.45) is 0. The Hall–Kier alpha value is -1.52. The monoisotopic (exact) mass is 270 g/mol. The Labute approximate surface area is 108 Å². The molecular formula is C11H8Cl2N2O2. The number of amides is 1. The molecule has 88 valence electrons. The zero-order valence-corrected chi connectivity index (χ0v) is 10.1. The summed E-state index contributed by atoms with van der Waals surface area (Å²) in [4.78, 5) is 11.0. The van der Waals surface area contributed by atoms with Gasteiger partial charge in [-0.25, -0.2) is 0 Å². The summed E-state index contributed by atoms with van der Waals surface area (Å²) in [6.45, 7) is 0. The third-order valence-corrected chi connectivity index (χ3v) is 2.53. The van der Waals surface area contributed by atoms with Gasteiger partial charge in [-0.05, 0) is 12.1 Å². The van der Waals surface area contributed by atoms with Crippen molar-refractivity contribution in [2.24, 2.45) is 0 Å². The summed E-state index contributed by atoms with van der Waals surface area (Å²) in [5, 5.41) is 6.94. The molecule has 1 aromatic carbocycles. The second kappa shape index (κ2) is 5.21. The number of halogens is 2. The molecule has 0 radical (unpaired) electrons. The van der Waals surface area contributed by atoms with Gasteiger partial charge in [0, 0.05) is 16.7 Å². The summed E-state index contributed by atoms with van der Waals surface area (Å²) in [5.41, 5.74) is 1.47. The number of benzene rings is 1. The molecule has 0 unspecified atom stereocenters. The van der Waals surface area contributed by atoms with Crippen LogP contribution < -0.4 is 5.32 Å². The van der Waals surface area contributed by atoms with Crippen LogP contribution in [0.4, 0.5) is 5.88 Å². The molecule has 0 fully saturated rings. The van der Waals surface area contributed by atoms with Crippen molar-refractivity contribution in [3.05, 3.63) is 35.4 Å². The van der Waals surface area contributed by atoms with Gasteiger partial charge in [-0.1, -0.05) is 28.9 Å². The fourth-order valence-corrected chi connectivity index (χ4v) is 1.45. The lowest BCUT2D eigenvalue weighted by Gasteiger charge is -1.95. The van der Waals surface area contributed by atoms with E-state index in [-0.39, 0.29) is 17.7 Å². The van der Waals surface area contributed by atoms with Gasteiger partial charge in [-0.2, -0.15) is 0 Å². The van der Waals surface area contributed by atoms with Crippen molar-refractivity contribution >= 4 is 35.0 Å². The molecule has 0 saturated carbocycles. The van der Waals surface area contributed by atoms with E-state index in [2.05, 4.69) is 10.5 Å². The van der Waals surface area contributed by atoms with E-state index >= 15 is 0 Å². The first-order valence-electron chi connectivity index (χ1n) is 4.77. The molecule has 1 amide bonds. The molecule has 6 heteroatoms. The van der Waals surface area contributed by atoms with E-state index in [1.807, 2.05) is 12.1 Å². The van der Waals surface area contributed by atoms with Crippen LogP contribution in [0.15, 0.2) is 34.9 Å². The fourth-order valence-electron chi connectivity index (χ4n) is 1.26. The van der Waals surface area contributed by atoms with Crippen LogP contribution >= 0.6 is 23.2 Å². The van der Waals surface area contributed by atoms with Gasteiger partial charge in [0.15, 0.2) is 0 Å². The van der Waals surface area contributed by atoms with Crippen LogP contribution in [0, 0.1) is 0 Å². The van der Waals surface area contributed by atoms with Crippen molar-refractivity contribution in [2.45, 2.75) is 0 Å². The van der Waals surface area contributed by atoms with Gasteiger partial charge in [0.2, 0.25) is 11.8 Å². The molecule has 0 aliphatic heterocycles. The third kappa shape index (κ3) is 2.99. The summed E-state index contributed by atoms with van der Waals surface area (Å²) in [5.74, 6) is -0.206. The highest BCUT2D eigenvalue weighted by molar-refractivity contribution is 6.30. The Morgan fingerprint density at radius 2 is 2.06 bits per heavy atom. The van der Waals surface area contributed by atoms with Gasteiger partial charge in [0.1, 0.15) is 11.6 Å². The number of alkyl halides is 1. The lowest BCUT2D eigenvalue weighted by molar-refractivity contribution is -0.114. The average molecular weight is 271 g/mol. The normalized spacial score (nSPS) is 10.2. The van der Waals surface area contributed by atoms with Crippen LogP contribution in [0.25, 0.3) is 11.3 Å². The SMILES string of the molecule is O=C(CCl)Nc1cc(-c2ccc(Cl)cc2)no1. The lowest BCUT2D eigenvalue weighted by atomic mass is 10.1. The molecule has 1 heterocycles. The summed E-state index contributed by atoms with van der Waals surface area (Å²) < 4.78 is 4.95. The first-order chi connectivity index (χ1) is 8.19. The maximum Gasteiger partial charge on any atom is 0.241 e. The molecule has 0 aliphatic carbocycles. The molecule has 0 aliphatic rings. The minimum atomic E-state index is -0.342. The Bertz CT molecular complexity index is 523. The van der Waals surface area contributed by atoms with E-state index in [1.165, 1.54) is 0 Å². The molecule has 1 N–H and O–H groups in total. The molecule has 2 aromatic rings. The van der Waals surface area contributed by atoms with Crippen LogP contribution in [-0.2, 0) is 4.79 Å². The Morgan fingerprint density at radius 3 is 2.71 bits per heavy atom. The highest BCUT2D eigenvalue weighted by Gasteiger charge is 2.08. The number of carbonyl (C=O) groups excluding carboxylic acids is 1. The molecule has 2 rings (SSSR count). The quantitative estimate of drug-likeness (QED) is 0.872. The number of anilines is 1. The zero-order chi connectivity index (χ0) is 12.3. The van der Waals surface area contributed by atoms with Crippen molar-refractivity contribution in [3.8, 4) is 11.3 Å². The summed E-state index contributed by atoms with van der Waals surface area (Å²) >= 11 is 11.1. The van der Waals surface area contributed by atoms with Gasteiger partial charge >= 0.3 is 0 Å². The molecule has 0 atom stereocenters. The molecular weight excluding hydrogens is 263 g/mol. The summed E-state index contributed by atoms with van der Waals surface area (Å²) in [7, 11) is 0. The van der Waals surface area contributed by atoms with E-state index < -0.39 is 0 Å². The van der Waals surface area contributed by atoms with Crippen LogP contribution in [0.2, 0.25) is 5.02 Å². The number of aromatic nitrogens is 1. The molecule has 4 nitrogen and oxygen atoms in total. The molecule has 0 bridgehead atoms. The predicted molar refractivity (Wildman–Crippen MR) is 66.3 cm³/mol. The third-order valence-electron chi connectivity index (χ3n) is 2.03. The van der Waals surface area contributed by atoms with Crippen LogP contribution in [-0.4, -0.2) is 16.9 Å². The van der Waals surface area contributed by atoms with E-state index in [0.29, 0.717) is 10.7 Å². The standard InChI is InChI=1S/C11H8Cl2N2O2/c12-6-10(16)14-11-5-9(15-17-11)7-1-3-8(13)4-2-7/h1-5H,6H2,(H,14,16). The van der Waals surface area contributed by atoms with Gasteiger partial charge in [-0.3, -0.25) is 10.1 Å². The topological polar surface area (TPSA) is 55.1 Å². The number of nitrogens with one attached hydrogen (secondary N) is 1. The van der Waals surface area contributed by atoms with Gasteiger partial charge in [0.05, 0.1) is 0 Å². The molecule has 0 spiro atoms. The molecule has 1 aromatic heterocycles. The van der Waals surface area contributed by atoms with Crippen LogP contribution in [0.1, 0.15) is 0 Å². The van der Waals surface area contributed by atoms with E-state index in [1.54, 1.807) is 18.2 Å². The summed E-state index contributed by atoms with van der Waals surface area (Å²) in [6, 6.07) is 8.75. The largest absolute Gasteiger partial charge is 0.338 e. The molecule has 0 saturated heterocycles. The Balaban J connectivity index is 2.18. The van der Waals surface area contributed by atoms with Crippen LogP contribution in [0.3, 0.4) is 0 Å². The fraction of sp³-hybridized carbons (Fsp3) is 0.0909. The predicted octanol–water partition coefficient (Wildman–Crippen LogP) is 3.17. The van der Waals surface area contributed by atoms with Crippen molar-refractivity contribution < 1.29 is 9.32 Å². The highest BCUT2D eigenvalue weighted by Crippen LogP contribution is 2.23.